The number of hydrogen-bond acceptors (Lipinski definition) is 2. The minimum absolute atomic E-state index is 0.306. The molecule has 0 radical (unpaired) electrons. The molecule has 0 bridgehead atoms. The van der Waals surface area contributed by atoms with Gasteiger partial charge < -0.3 is 4.90 Å². The molecule has 3 aliphatic rings. The minimum Gasteiger partial charge on any atom is -0.310 e. The molecule has 2 unspecified atom stereocenters. The molecule has 7 aromatic rings. The second-order valence-corrected chi connectivity index (χ2v) is 14.2. The summed E-state index contributed by atoms with van der Waals surface area (Å²) in [7, 11) is 0. The summed E-state index contributed by atoms with van der Waals surface area (Å²) < 4.78 is 2.65. The van der Waals surface area contributed by atoms with Gasteiger partial charge in [0.05, 0.1) is 5.70 Å². The molecule has 1 nitrogen and oxygen atoms in total. The van der Waals surface area contributed by atoms with Gasteiger partial charge in [0.2, 0.25) is 0 Å². The van der Waals surface area contributed by atoms with Gasteiger partial charge in [-0.1, -0.05) is 134 Å². The molecule has 0 saturated heterocycles. The van der Waals surface area contributed by atoms with Crippen LogP contribution in [0, 0.1) is 5.92 Å². The first-order valence-electron chi connectivity index (χ1n) is 17.0. The van der Waals surface area contributed by atoms with Crippen LogP contribution < -0.4 is 4.90 Å². The Labute approximate surface area is 285 Å². The molecule has 0 amide bonds. The third-order valence-electron chi connectivity index (χ3n) is 10.5. The number of allylic oxidation sites excluding steroid dienone is 6. The van der Waals surface area contributed by atoms with Crippen molar-refractivity contribution in [3.8, 4) is 11.1 Å². The number of thiophene rings is 1. The monoisotopic (exact) mass is 631 g/mol. The Morgan fingerprint density at radius 3 is 2.35 bits per heavy atom. The Morgan fingerprint density at radius 2 is 1.42 bits per heavy atom. The summed E-state index contributed by atoms with van der Waals surface area (Å²) in [6.45, 7) is 0. The molecule has 6 aromatic carbocycles. The van der Waals surface area contributed by atoms with E-state index in [0.29, 0.717) is 11.8 Å². The third kappa shape index (κ3) is 4.37. The van der Waals surface area contributed by atoms with E-state index in [9.17, 15) is 0 Å². The molecule has 0 fully saturated rings. The standard InChI is InChI=1S/C46H33NS/c1-4-14-36-30(10-1)13-9-18-37(36)32-20-23-34(24-21-32)47(35-25-27-41-40-17-7-8-19-44(40)48-45(41)29-35)43-28-33-12-3-6-16-39(33)46-38-15-5-2-11-31(38)22-26-42(43)46/h1-4,6-14,16-29,33,39H,5,15H2. The van der Waals surface area contributed by atoms with Gasteiger partial charge in [-0.05, 0) is 81.8 Å². The van der Waals surface area contributed by atoms with Gasteiger partial charge in [-0.15, -0.1) is 11.3 Å². The largest absolute Gasteiger partial charge is 0.310 e. The number of benzene rings is 6. The van der Waals surface area contributed by atoms with Crippen LogP contribution in [0.3, 0.4) is 0 Å². The average molecular weight is 632 g/mol. The molecular formula is C46H33NS. The van der Waals surface area contributed by atoms with Gasteiger partial charge >= 0.3 is 0 Å². The molecule has 48 heavy (non-hydrogen) atoms. The van der Waals surface area contributed by atoms with E-state index < -0.39 is 0 Å². The first-order valence-corrected chi connectivity index (χ1v) is 17.8. The fraction of sp³-hybridized carbons (Fsp3) is 0.0870. The van der Waals surface area contributed by atoms with Crippen LogP contribution in [0.5, 0.6) is 0 Å². The summed E-state index contributed by atoms with van der Waals surface area (Å²) in [5, 5.41) is 5.21. The van der Waals surface area contributed by atoms with E-state index >= 15 is 0 Å². The molecule has 1 aromatic heterocycles. The zero-order valence-electron chi connectivity index (χ0n) is 26.5. The Hall–Kier alpha value is -5.44. The van der Waals surface area contributed by atoms with Crippen molar-refractivity contribution in [2.75, 3.05) is 4.90 Å². The Kier molecular flexibility index (Phi) is 6.38. The van der Waals surface area contributed by atoms with E-state index in [0.717, 1.165) is 12.8 Å². The van der Waals surface area contributed by atoms with Gasteiger partial charge in [-0.25, -0.2) is 0 Å². The predicted octanol–water partition coefficient (Wildman–Crippen LogP) is 12.9. The predicted molar refractivity (Wildman–Crippen MR) is 207 cm³/mol. The third-order valence-corrected chi connectivity index (χ3v) is 11.6. The fourth-order valence-electron chi connectivity index (χ4n) is 8.25. The zero-order chi connectivity index (χ0) is 31.6. The van der Waals surface area contributed by atoms with Crippen LogP contribution in [-0.4, -0.2) is 0 Å². The van der Waals surface area contributed by atoms with Crippen LogP contribution in [0.1, 0.15) is 34.6 Å². The van der Waals surface area contributed by atoms with Crippen molar-refractivity contribution < 1.29 is 0 Å². The maximum atomic E-state index is 2.52. The topological polar surface area (TPSA) is 3.24 Å². The zero-order valence-corrected chi connectivity index (χ0v) is 27.3. The highest BCUT2D eigenvalue weighted by molar-refractivity contribution is 7.25. The molecule has 2 heteroatoms. The molecule has 1 heterocycles. The highest BCUT2D eigenvalue weighted by Gasteiger charge is 2.34. The highest BCUT2D eigenvalue weighted by atomic mass is 32.1. The van der Waals surface area contributed by atoms with Crippen molar-refractivity contribution in [2.45, 2.75) is 18.8 Å². The molecule has 3 aliphatic carbocycles. The van der Waals surface area contributed by atoms with Crippen molar-refractivity contribution >= 4 is 65.4 Å². The van der Waals surface area contributed by atoms with Crippen LogP contribution in [0.15, 0.2) is 158 Å². The Morgan fingerprint density at radius 1 is 0.625 bits per heavy atom. The molecule has 0 aliphatic heterocycles. The van der Waals surface area contributed by atoms with E-state index in [-0.39, 0.29) is 0 Å². The van der Waals surface area contributed by atoms with E-state index in [4.69, 9.17) is 0 Å². The lowest BCUT2D eigenvalue weighted by Crippen LogP contribution is -2.25. The summed E-state index contributed by atoms with van der Waals surface area (Å²) in [5.41, 5.74) is 11.9. The van der Waals surface area contributed by atoms with Crippen LogP contribution in [0.4, 0.5) is 11.4 Å². The first-order chi connectivity index (χ1) is 23.8. The van der Waals surface area contributed by atoms with E-state index in [1.165, 1.54) is 81.4 Å². The van der Waals surface area contributed by atoms with Crippen LogP contribution in [-0.2, 0) is 6.42 Å². The van der Waals surface area contributed by atoms with Crippen molar-refractivity contribution in [2.24, 2.45) is 5.92 Å². The Balaban J connectivity index is 1.18. The number of fused-ring (bicyclic) bond motifs is 9. The van der Waals surface area contributed by atoms with E-state index in [2.05, 4.69) is 169 Å². The molecule has 10 rings (SSSR count). The SMILES string of the molecule is C1=CC2C=C(N(c3ccc(-c4cccc5ccccc45)cc3)c3ccc4c(c3)sc3ccccc34)c3ccc4c(c3C2C=C1)CCC=C4. The number of hydrogen-bond donors (Lipinski definition) is 0. The minimum atomic E-state index is 0.306. The number of rotatable bonds is 4. The van der Waals surface area contributed by atoms with Gasteiger partial charge in [0.1, 0.15) is 0 Å². The summed E-state index contributed by atoms with van der Waals surface area (Å²) in [4.78, 5) is 2.52. The van der Waals surface area contributed by atoms with Crippen LogP contribution in [0.25, 0.3) is 53.8 Å². The molecule has 0 saturated carbocycles. The van der Waals surface area contributed by atoms with Crippen molar-refractivity contribution in [1.29, 1.82) is 0 Å². The molecule has 228 valence electrons. The van der Waals surface area contributed by atoms with Crippen LogP contribution >= 0.6 is 11.3 Å². The maximum absolute atomic E-state index is 2.52. The highest BCUT2D eigenvalue weighted by Crippen LogP contribution is 2.49. The van der Waals surface area contributed by atoms with Crippen molar-refractivity contribution in [1.82, 2.24) is 0 Å². The molecular weight excluding hydrogens is 599 g/mol. The van der Waals surface area contributed by atoms with Gasteiger partial charge in [-0.3, -0.25) is 0 Å². The summed E-state index contributed by atoms with van der Waals surface area (Å²) in [5.74, 6) is 0.663. The fourth-order valence-corrected chi connectivity index (χ4v) is 9.39. The van der Waals surface area contributed by atoms with Crippen molar-refractivity contribution in [3.05, 3.63) is 180 Å². The average Bonchev–Trinajstić information content (AvgIpc) is 3.53. The summed E-state index contributed by atoms with van der Waals surface area (Å²) in [6, 6.07) is 45.1. The lowest BCUT2D eigenvalue weighted by Gasteiger charge is -2.38. The summed E-state index contributed by atoms with van der Waals surface area (Å²) >= 11 is 1.88. The second-order valence-electron chi connectivity index (χ2n) is 13.1. The van der Waals surface area contributed by atoms with Crippen LogP contribution in [0.2, 0.25) is 0 Å². The Bertz CT molecular complexity index is 2520. The smallest absolute Gasteiger partial charge is 0.0503 e. The van der Waals surface area contributed by atoms with E-state index in [1.54, 1.807) is 0 Å². The van der Waals surface area contributed by atoms with Gasteiger partial charge in [-0.2, -0.15) is 0 Å². The van der Waals surface area contributed by atoms with Gasteiger partial charge in [0, 0.05) is 48.9 Å². The number of anilines is 2. The molecule has 0 N–H and O–H groups in total. The van der Waals surface area contributed by atoms with Crippen molar-refractivity contribution in [3.63, 3.8) is 0 Å². The van der Waals surface area contributed by atoms with E-state index in [1.807, 2.05) is 11.3 Å². The molecule has 2 atom stereocenters. The quantitative estimate of drug-likeness (QED) is 0.187. The lowest BCUT2D eigenvalue weighted by atomic mass is 9.71. The summed E-state index contributed by atoms with van der Waals surface area (Å²) in [6.07, 6.45) is 18.6. The second kappa shape index (κ2) is 11.1. The van der Waals surface area contributed by atoms with Gasteiger partial charge in [0.15, 0.2) is 0 Å². The number of nitrogens with zero attached hydrogens (tertiary/aromatic N) is 1. The first kappa shape index (κ1) is 27.7. The van der Waals surface area contributed by atoms with Gasteiger partial charge in [0.25, 0.3) is 0 Å². The maximum Gasteiger partial charge on any atom is 0.0503 e. The lowest BCUT2D eigenvalue weighted by molar-refractivity contribution is 0.676. The normalized spacial score (nSPS) is 17.7. The molecule has 0 spiro atoms.